The van der Waals surface area contributed by atoms with Gasteiger partial charge in [0.25, 0.3) is 0 Å². The average molecular weight is 318 g/mol. The van der Waals surface area contributed by atoms with E-state index in [1.807, 2.05) is 12.1 Å². The van der Waals surface area contributed by atoms with Gasteiger partial charge >= 0.3 is 0 Å². The molecule has 2 rings (SSSR count). The lowest BCUT2D eigenvalue weighted by atomic mass is 10.1. The van der Waals surface area contributed by atoms with Crippen LogP contribution < -0.4 is 5.32 Å². The van der Waals surface area contributed by atoms with Gasteiger partial charge in [0.05, 0.1) is 0 Å². The molecular weight excluding hydrogens is 300 g/mol. The van der Waals surface area contributed by atoms with Crippen LogP contribution in [-0.4, -0.2) is 31.1 Å². The lowest BCUT2D eigenvalue weighted by molar-refractivity contribution is 0.226. The number of likely N-dealkylation sites (N-methyl/N-ethyl adjacent to an activating group) is 1. The maximum Gasteiger partial charge on any atom is 0.0462 e. The van der Waals surface area contributed by atoms with Crippen molar-refractivity contribution in [2.75, 3.05) is 20.1 Å². The van der Waals surface area contributed by atoms with Gasteiger partial charge in [-0.25, -0.2) is 0 Å². The zero-order valence-corrected chi connectivity index (χ0v) is 12.4. The molecule has 1 unspecified atom stereocenters. The van der Waals surface area contributed by atoms with E-state index < -0.39 is 0 Å². The number of hydrogen-bond donors (Lipinski definition) is 1. The van der Waals surface area contributed by atoms with Crippen LogP contribution in [0.15, 0.2) is 22.7 Å². The fourth-order valence-corrected chi connectivity index (χ4v) is 2.99. The van der Waals surface area contributed by atoms with E-state index >= 15 is 0 Å². The monoisotopic (exact) mass is 316 g/mol. The van der Waals surface area contributed by atoms with E-state index in [1.165, 1.54) is 24.9 Å². The zero-order chi connectivity index (χ0) is 12.3. The minimum absolute atomic E-state index is 0.591. The standard InChI is InChI=1S/C13H18BrClN2/c1-17-6-2-3-12(9-17)16-8-10-4-5-11(14)7-13(10)15/h4-5,7,12,16H,2-3,6,8-9H2,1H3. The Bertz CT molecular complexity index is 384. The minimum Gasteiger partial charge on any atom is -0.309 e. The van der Waals surface area contributed by atoms with Crippen molar-refractivity contribution in [2.24, 2.45) is 0 Å². The molecule has 0 radical (unpaired) electrons. The van der Waals surface area contributed by atoms with Crippen molar-refractivity contribution in [2.45, 2.75) is 25.4 Å². The Kier molecular flexibility index (Phi) is 4.86. The molecule has 0 spiro atoms. The highest BCUT2D eigenvalue weighted by Gasteiger charge is 2.16. The van der Waals surface area contributed by atoms with Crippen molar-refractivity contribution in [3.8, 4) is 0 Å². The molecule has 0 amide bonds. The maximum absolute atomic E-state index is 6.20. The van der Waals surface area contributed by atoms with Crippen LogP contribution in [0.4, 0.5) is 0 Å². The summed E-state index contributed by atoms with van der Waals surface area (Å²) in [5, 5.41) is 4.42. The van der Waals surface area contributed by atoms with Gasteiger partial charge in [-0.3, -0.25) is 0 Å². The first-order valence-corrected chi connectivity index (χ1v) is 7.18. The lowest BCUT2D eigenvalue weighted by Gasteiger charge is -2.30. The smallest absolute Gasteiger partial charge is 0.0462 e. The van der Waals surface area contributed by atoms with E-state index in [-0.39, 0.29) is 0 Å². The van der Waals surface area contributed by atoms with Crippen LogP contribution in [-0.2, 0) is 6.54 Å². The Balaban J connectivity index is 1.88. The minimum atomic E-state index is 0.591. The van der Waals surface area contributed by atoms with Crippen molar-refractivity contribution in [1.82, 2.24) is 10.2 Å². The van der Waals surface area contributed by atoms with E-state index in [0.717, 1.165) is 22.6 Å². The molecule has 0 aliphatic carbocycles. The molecule has 17 heavy (non-hydrogen) atoms. The summed E-state index contributed by atoms with van der Waals surface area (Å²) in [5.74, 6) is 0. The Morgan fingerprint density at radius 2 is 2.35 bits per heavy atom. The summed E-state index contributed by atoms with van der Waals surface area (Å²) in [7, 11) is 2.18. The number of nitrogens with zero attached hydrogens (tertiary/aromatic N) is 1. The SMILES string of the molecule is CN1CCCC(NCc2ccc(Br)cc2Cl)C1. The van der Waals surface area contributed by atoms with Crippen LogP contribution >= 0.6 is 27.5 Å². The number of halogens is 2. The van der Waals surface area contributed by atoms with E-state index in [1.54, 1.807) is 0 Å². The van der Waals surface area contributed by atoms with E-state index in [9.17, 15) is 0 Å². The molecule has 1 aliphatic heterocycles. The van der Waals surface area contributed by atoms with Gasteiger partial charge in [-0.05, 0) is 44.1 Å². The summed E-state index contributed by atoms with van der Waals surface area (Å²) in [6.45, 7) is 3.20. The maximum atomic E-state index is 6.20. The van der Waals surface area contributed by atoms with Crippen LogP contribution in [0.3, 0.4) is 0 Å². The second kappa shape index (κ2) is 6.19. The largest absolute Gasteiger partial charge is 0.309 e. The van der Waals surface area contributed by atoms with Crippen molar-refractivity contribution in [3.05, 3.63) is 33.3 Å². The van der Waals surface area contributed by atoms with Crippen molar-refractivity contribution in [3.63, 3.8) is 0 Å². The van der Waals surface area contributed by atoms with Gasteiger partial charge in [0, 0.05) is 28.6 Å². The fraction of sp³-hybridized carbons (Fsp3) is 0.538. The van der Waals surface area contributed by atoms with E-state index in [4.69, 9.17) is 11.6 Å². The number of nitrogens with one attached hydrogen (secondary N) is 1. The summed E-state index contributed by atoms with van der Waals surface area (Å²) in [4.78, 5) is 2.38. The molecule has 1 fully saturated rings. The van der Waals surface area contributed by atoms with Crippen molar-refractivity contribution < 1.29 is 0 Å². The first-order chi connectivity index (χ1) is 8.15. The zero-order valence-electron chi connectivity index (χ0n) is 10.0. The van der Waals surface area contributed by atoms with Crippen molar-refractivity contribution >= 4 is 27.5 Å². The predicted molar refractivity (Wildman–Crippen MR) is 76.5 cm³/mol. The third kappa shape index (κ3) is 3.95. The van der Waals surface area contributed by atoms with Crippen molar-refractivity contribution in [1.29, 1.82) is 0 Å². The molecule has 0 aromatic heterocycles. The number of likely N-dealkylation sites (tertiary alicyclic amines) is 1. The second-order valence-electron chi connectivity index (χ2n) is 4.72. The van der Waals surface area contributed by atoms with Crippen LogP contribution in [0.5, 0.6) is 0 Å². The van der Waals surface area contributed by atoms with Crippen LogP contribution in [0.2, 0.25) is 5.02 Å². The second-order valence-corrected chi connectivity index (χ2v) is 6.04. The number of benzene rings is 1. The molecule has 1 aromatic carbocycles. The van der Waals surface area contributed by atoms with Gasteiger partial charge in [0.15, 0.2) is 0 Å². The molecule has 1 atom stereocenters. The predicted octanol–water partition coefficient (Wildman–Crippen LogP) is 3.29. The molecule has 1 saturated heterocycles. The molecule has 1 N–H and O–H groups in total. The summed E-state index contributed by atoms with van der Waals surface area (Å²) in [6, 6.07) is 6.65. The van der Waals surface area contributed by atoms with Crippen LogP contribution in [0.1, 0.15) is 18.4 Å². The van der Waals surface area contributed by atoms with Gasteiger partial charge in [-0.15, -0.1) is 0 Å². The fourth-order valence-electron chi connectivity index (χ4n) is 2.25. The summed E-state index contributed by atoms with van der Waals surface area (Å²) in [5.41, 5.74) is 1.17. The van der Waals surface area contributed by atoms with Gasteiger partial charge in [0.1, 0.15) is 0 Å². The highest BCUT2D eigenvalue weighted by atomic mass is 79.9. The van der Waals surface area contributed by atoms with Gasteiger partial charge < -0.3 is 10.2 Å². The molecular formula is C13H18BrClN2. The first-order valence-electron chi connectivity index (χ1n) is 6.01. The summed E-state index contributed by atoms with van der Waals surface area (Å²) in [6.07, 6.45) is 2.54. The number of rotatable bonds is 3. The van der Waals surface area contributed by atoms with Gasteiger partial charge in [0.2, 0.25) is 0 Å². The third-order valence-corrected chi connectivity index (χ3v) is 4.07. The Labute approximate surface area is 116 Å². The molecule has 1 aliphatic rings. The third-order valence-electron chi connectivity index (χ3n) is 3.22. The summed E-state index contributed by atoms with van der Waals surface area (Å²) >= 11 is 9.62. The highest BCUT2D eigenvalue weighted by Crippen LogP contribution is 2.21. The molecule has 0 saturated carbocycles. The molecule has 1 heterocycles. The van der Waals surface area contributed by atoms with E-state index in [2.05, 4.69) is 39.3 Å². The highest BCUT2D eigenvalue weighted by molar-refractivity contribution is 9.10. The Morgan fingerprint density at radius 1 is 1.53 bits per heavy atom. The molecule has 2 nitrogen and oxygen atoms in total. The number of piperidine rings is 1. The average Bonchev–Trinajstić information content (AvgIpc) is 2.28. The molecule has 94 valence electrons. The van der Waals surface area contributed by atoms with Gasteiger partial charge in [-0.1, -0.05) is 33.6 Å². The Morgan fingerprint density at radius 3 is 3.06 bits per heavy atom. The molecule has 1 aromatic rings. The Hall–Kier alpha value is -0.0900. The topological polar surface area (TPSA) is 15.3 Å². The normalized spacial score (nSPS) is 21.7. The van der Waals surface area contributed by atoms with E-state index in [0.29, 0.717) is 6.04 Å². The molecule has 0 bridgehead atoms. The van der Waals surface area contributed by atoms with Crippen LogP contribution in [0.25, 0.3) is 0 Å². The van der Waals surface area contributed by atoms with Crippen LogP contribution in [0, 0.1) is 0 Å². The quantitative estimate of drug-likeness (QED) is 0.920. The van der Waals surface area contributed by atoms with Gasteiger partial charge in [-0.2, -0.15) is 0 Å². The lowest BCUT2D eigenvalue weighted by Crippen LogP contribution is -2.43. The molecule has 4 heteroatoms. The first kappa shape index (κ1) is 13.3. The summed E-state index contributed by atoms with van der Waals surface area (Å²) < 4.78 is 1.03. The number of hydrogen-bond acceptors (Lipinski definition) is 2.